The van der Waals surface area contributed by atoms with E-state index in [1.54, 1.807) is 17.8 Å². The first-order chi connectivity index (χ1) is 16.6. The Hall–Kier alpha value is -2.55. The molecule has 0 saturated heterocycles. The third-order valence-corrected chi connectivity index (χ3v) is 33.2. The molecule has 0 aliphatic heterocycles. The molecule has 1 atom stereocenters. The van der Waals surface area contributed by atoms with E-state index in [1.807, 2.05) is 0 Å². The van der Waals surface area contributed by atoms with E-state index in [4.69, 9.17) is 0 Å². The van der Waals surface area contributed by atoms with Gasteiger partial charge in [0.15, 0.2) is 0 Å². The fraction of sp³-hybridized carbons (Fsp3) is 0.125. The van der Waals surface area contributed by atoms with Crippen LogP contribution in [-0.4, -0.2) is 6.94 Å². The molecule has 0 amide bonds. The first-order valence-electron chi connectivity index (χ1n) is 12.2. The van der Waals surface area contributed by atoms with Crippen LogP contribution < -0.4 is 6.64 Å². The quantitative estimate of drug-likeness (QED) is 0.243. The van der Waals surface area contributed by atoms with E-state index in [-0.39, 0.29) is 0 Å². The number of hydrogen-bond donors (Lipinski definition) is 0. The van der Waals surface area contributed by atoms with Crippen molar-refractivity contribution < 1.29 is 18.6 Å². The van der Waals surface area contributed by atoms with Crippen LogP contribution in [0.4, 0.5) is 0 Å². The average molecular weight is 620 g/mol. The van der Waals surface area contributed by atoms with Gasteiger partial charge in [0.05, 0.1) is 0 Å². The van der Waals surface area contributed by atoms with Gasteiger partial charge in [-0.05, 0) is 0 Å². The fourth-order valence-corrected chi connectivity index (χ4v) is 28.3. The van der Waals surface area contributed by atoms with Crippen molar-refractivity contribution in [3.63, 3.8) is 0 Å². The first-order valence-corrected chi connectivity index (χ1v) is 26.2. The Balaban J connectivity index is 1.74. The summed E-state index contributed by atoms with van der Waals surface area (Å²) in [7, 11) is 0. The number of benzene rings is 4. The number of aryl methyl sites for hydroxylation is 2. The molecule has 4 aromatic carbocycles. The zero-order chi connectivity index (χ0) is 23.3. The van der Waals surface area contributed by atoms with Gasteiger partial charge in [0.2, 0.25) is 0 Å². The summed E-state index contributed by atoms with van der Waals surface area (Å²) in [5.74, 6) is 0. The van der Waals surface area contributed by atoms with Crippen molar-refractivity contribution in [2.45, 2.75) is 23.9 Å². The second-order valence-corrected chi connectivity index (χ2v) is 32.1. The molecule has 2 aliphatic carbocycles. The van der Waals surface area contributed by atoms with Crippen molar-refractivity contribution in [1.29, 1.82) is 0 Å². The van der Waals surface area contributed by atoms with Crippen LogP contribution in [0, 0.1) is 13.8 Å². The predicted octanol–water partition coefficient (Wildman–Crippen LogP) is 6.07. The third kappa shape index (κ3) is 3.34. The summed E-state index contributed by atoms with van der Waals surface area (Å²) in [4.78, 5) is 0. The third-order valence-electron chi connectivity index (χ3n) is 7.71. The Bertz CT molecular complexity index is 1470. The Morgan fingerprint density at radius 3 is 2.03 bits per heavy atom. The number of hydrogen-bond acceptors (Lipinski definition) is 0. The number of rotatable bonds is 4. The van der Waals surface area contributed by atoms with Gasteiger partial charge in [-0.15, -0.1) is 0 Å². The van der Waals surface area contributed by atoms with Gasteiger partial charge in [-0.2, -0.15) is 0 Å². The van der Waals surface area contributed by atoms with Crippen LogP contribution in [-0.2, 0) is 18.6 Å². The van der Waals surface area contributed by atoms with Gasteiger partial charge in [-0.1, -0.05) is 0 Å². The molecule has 4 aromatic rings. The van der Waals surface area contributed by atoms with Crippen LogP contribution in [0.5, 0.6) is 0 Å². The van der Waals surface area contributed by atoms with Gasteiger partial charge in [0.1, 0.15) is 0 Å². The summed E-state index contributed by atoms with van der Waals surface area (Å²) in [5, 5.41) is 0. The van der Waals surface area contributed by atoms with Crippen LogP contribution in [0.3, 0.4) is 0 Å². The molecular weight excluding hydrogens is 591 g/mol. The Morgan fingerprint density at radius 2 is 1.41 bits per heavy atom. The number of fused-ring (bicyclic) bond motifs is 3. The van der Waals surface area contributed by atoms with E-state index in [0.29, 0.717) is 3.67 Å². The zero-order valence-electron chi connectivity index (χ0n) is 19.9. The first kappa shape index (κ1) is 21.9. The van der Waals surface area contributed by atoms with Crippen molar-refractivity contribution in [2.24, 2.45) is 0 Å². The van der Waals surface area contributed by atoms with Gasteiger partial charge < -0.3 is 0 Å². The van der Waals surface area contributed by atoms with E-state index in [9.17, 15) is 0 Å². The normalized spacial score (nSPS) is 16.3. The van der Waals surface area contributed by atoms with E-state index in [1.165, 1.54) is 33.4 Å². The molecule has 165 valence electrons. The van der Waals surface area contributed by atoms with Crippen molar-refractivity contribution in [3.05, 3.63) is 137 Å². The van der Waals surface area contributed by atoms with Crippen molar-refractivity contribution in [1.82, 2.24) is 0 Å². The SMILES string of the molecule is Cc1ccc2c(c1)[CH]([Hf](=[SiH2])([c]1ccccc1)[c]1ccccc1)c1c-2ccc(C)c1C1=CC=CC1. The van der Waals surface area contributed by atoms with Crippen LogP contribution >= 0.6 is 0 Å². The molecular formula is C32H29HfSi. The summed E-state index contributed by atoms with van der Waals surface area (Å²) in [6.07, 6.45) is 7.91. The molecule has 0 spiro atoms. The maximum absolute atomic E-state index is 3.44. The van der Waals surface area contributed by atoms with E-state index in [0.717, 1.165) is 6.42 Å². The van der Waals surface area contributed by atoms with E-state index in [2.05, 4.69) is 130 Å². The molecule has 0 aromatic heterocycles. The van der Waals surface area contributed by atoms with E-state index >= 15 is 0 Å². The summed E-state index contributed by atoms with van der Waals surface area (Å²) in [6.45, 7) is 6.94. The molecule has 0 N–H and O–H groups in total. The Kier molecular flexibility index (Phi) is 5.54. The molecule has 0 saturated carbocycles. The molecule has 2 aliphatic rings. The second kappa shape index (κ2) is 8.59. The standard InChI is InChI=1S/C20H17.2C6H5.Hf.H2Si/c1-13-7-9-17-16(11-13)12-19-18(17)10-8-14(2)20(19)15-5-3-4-6-15;2*1-2-4-6-5-3-1;;/h3-5,7-12H,6H2,1-2H3;2*1-5H;;1H2. The number of allylic oxidation sites excluding steroid dienone is 4. The summed E-state index contributed by atoms with van der Waals surface area (Å²) >= 11 is -3.44. The van der Waals surface area contributed by atoms with Crippen LogP contribution in [0.1, 0.15) is 37.9 Å². The molecule has 2 heteroatoms. The van der Waals surface area contributed by atoms with Gasteiger partial charge in [0.25, 0.3) is 0 Å². The summed E-state index contributed by atoms with van der Waals surface area (Å²) < 4.78 is 3.64. The van der Waals surface area contributed by atoms with Gasteiger partial charge >= 0.3 is 210 Å². The molecule has 1 unspecified atom stereocenters. The van der Waals surface area contributed by atoms with Gasteiger partial charge in [-0.25, -0.2) is 0 Å². The molecule has 34 heavy (non-hydrogen) atoms. The molecule has 0 heterocycles. The van der Waals surface area contributed by atoms with E-state index < -0.39 is 18.6 Å². The van der Waals surface area contributed by atoms with Crippen LogP contribution in [0.25, 0.3) is 16.7 Å². The summed E-state index contributed by atoms with van der Waals surface area (Å²) in [6, 6.07) is 34.9. The topological polar surface area (TPSA) is 0 Å². The van der Waals surface area contributed by atoms with Gasteiger partial charge in [-0.3, -0.25) is 0 Å². The summed E-state index contributed by atoms with van der Waals surface area (Å²) in [5.41, 5.74) is 11.8. The Labute approximate surface area is 208 Å². The second-order valence-electron chi connectivity index (χ2n) is 9.77. The van der Waals surface area contributed by atoms with Crippen molar-refractivity contribution >= 4 is 19.2 Å². The predicted molar refractivity (Wildman–Crippen MR) is 146 cm³/mol. The zero-order valence-corrected chi connectivity index (χ0v) is 24.9. The average Bonchev–Trinajstić information content (AvgIpc) is 3.51. The van der Waals surface area contributed by atoms with Gasteiger partial charge in [0, 0.05) is 0 Å². The van der Waals surface area contributed by atoms with Crippen LogP contribution in [0.15, 0.2) is 109 Å². The Morgan fingerprint density at radius 1 is 0.765 bits per heavy atom. The minimum absolute atomic E-state index is 0.455. The molecule has 0 radical (unpaired) electrons. The van der Waals surface area contributed by atoms with Crippen molar-refractivity contribution in [3.8, 4) is 11.1 Å². The molecule has 6 rings (SSSR count). The monoisotopic (exact) mass is 621 g/mol. The fourth-order valence-electron chi connectivity index (χ4n) is 6.13. The van der Waals surface area contributed by atoms with Crippen molar-refractivity contribution in [2.75, 3.05) is 0 Å². The molecule has 0 bridgehead atoms. The molecule has 0 fully saturated rings. The van der Waals surface area contributed by atoms with Crippen LogP contribution in [0.2, 0.25) is 0 Å². The molecule has 0 nitrogen and oxygen atoms in total. The maximum atomic E-state index is 2.50. The minimum atomic E-state index is -3.44.